The van der Waals surface area contributed by atoms with E-state index in [4.69, 9.17) is 23.2 Å². The lowest BCUT2D eigenvalue weighted by Gasteiger charge is -2.06. The molecule has 0 bridgehead atoms. The smallest absolute Gasteiger partial charge is 0.228 e. The molecule has 0 radical (unpaired) electrons. The molecule has 0 aromatic heterocycles. The van der Waals surface area contributed by atoms with Crippen molar-refractivity contribution in [1.82, 2.24) is 0 Å². The molecule has 1 saturated carbocycles. The first-order chi connectivity index (χ1) is 8.82. The van der Waals surface area contributed by atoms with Crippen molar-refractivity contribution < 1.29 is 4.79 Å². The fourth-order valence-electron chi connectivity index (χ4n) is 2.57. The number of carbonyl (C=O) groups is 1. The Morgan fingerprint density at radius 2 is 2.05 bits per heavy atom. The normalized spacial score (nSPS) is 23.6. The molecule has 2 rings (SSSR count). The summed E-state index contributed by atoms with van der Waals surface area (Å²) in [6.45, 7) is 6.09. The highest BCUT2D eigenvalue weighted by molar-refractivity contribution is 6.55. The van der Waals surface area contributed by atoms with E-state index in [1.54, 1.807) is 6.08 Å². The molecule has 1 fully saturated rings. The molecule has 102 valence electrons. The summed E-state index contributed by atoms with van der Waals surface area (Å²) < 4.78 is 0.226. The molecular weight excluding hydrogens is 281 g/mol. The second-order valence-corrected chi connectivity index (χ2v) is 6.65. The van der Waals surface area contributed by atoms with Gasteiger partial charge in [-0.2, -0.15) is 0 Å². The Labute approximate surface area is 123 Å². The number of rotatable bonds is 3. The second kappa shape index (κ2) is 5.18. The van der Waals surface area contributed by atoms with Crippen LogP contribution in [-0.2, 0) is 4.79 Å². The highest BCUT2D eigenvalue weighted by atomic mass is 35.5. The Hall–Kier alpha value is -0.990. The molecule has 19 heavy (non-hydrogen) atoms. The van der Waals surface area contributed by atoms with Crippen molar-refractivity contribution in [2.75, 3.05) is 5.32 Å². The van der Waals surface area contributed by atoms with Crippen LogP contribution < -0.4 is 5.32 Å². The first kappa shape index (κ1) is 14.4. The number of allylic oxidation sites excluding steroid dienone is 1. The summed E-state index contributed by atoms with van der Waals surface area (Å²) in [6.07, 6.45) is 1.75. The summed E-state index contributed by atoms with van der Waals surface area (Å²) in [5, 5.41) is 2.95. The van der Waals surface area contributed by atoms with Crippen molar-refractivity contribution in [2.24, 2.45) is 17.3 Å². The maximum Gasteiger partial charge on any atom is 0.228 e. The molecule has 1 amide bonds. The number of hydrogen-bond acceptors (Lipinski definition) is 1. The summed E-state index contributed by atoms with van der Waals surface area (Å²) in [6, 6.07) is 7.76. The number of halogens is 2. The molecule has 1 aliphatic carbocycles. The van der Waals surface area contributed by atoms with Gasteiger partial charge >= 0.3 is 0 Å². The maximum atomic E-state index is 12.3. The summed E-state index contributed by atoms with van der Waals surface area (Å²) >= 11 is 11.4. The summed E-state index contributed by atoms with van der Waals surface area (Å²) in [5.74, 6) is 0.0363. The molecule has 0 aliphatic heterocycles. The summed E-state index contributed by atoms with van der Waals surface area (Å²) in [5.41, 5.74) is 1.85. The van der Waals surface area contributed by atoms with Gasteiger partial charge in [0.15, 0.2) is 0 Å². The number of nitrogens with one attached hydrogen (secondary N) is 1. The van der Waals surface area contributed by atoms with Gasteiger partial charge in [-0.25, -0.2) is 0 Å². The topological polar surface area (TPSA) is 29.1 Å². The SMILES string of the molecule is Cc1cccc(NC(=O)C2C(C=C(Cl)Cl)C2(C)C)c1. The molecule has 0 saturated heterocycles. The zero-order valence-electron chi connectivity index (χ0n) is 11.2. The quantitative estimate of drug-likeness (QED) is 0.873. The second-order valence-electron chi connectivity index (χ2n) is 5.64. The Bertz CT molecular complexity index is 533. The lowest BCUT2D eigenvalue weighted by molar-refractivity contribution is -0.118. The molecule has 2 nitrogen and oxygen atoms in total. The standard InChI is InChI=1S/C15H17Cl2NO/c1-9-5-4-6-10(7-9)18-14(19)13-11(8-12(16)17)15(13,2)3/h4-8,11,13H,1-3H3,(H,18,19). The lowest BCUT2D eigenvalue weighted by Crippen LogP contribution is -2.16. The Balaban J connectivity index is 2.08. The van der Waals surface area contributed by atoms with Crippen molar-refractivity contribution in [3.8, 4) is 0 Å². The third-order valence-electron chi connectivity index (χ3n) is 3.78. The molecule has 2 atom stereocenters. The molecule has 1 N–H and O–H groups in total. The van der Waals surface area contributed by atoms with Gasteiger partial charge in [0.2, 0.25) is 5.91 Å². The first-order valence-electron chi connectivity index (χ1n) is 6.22. The zero-order chi connectivity index (χ0) is 14.2. The van der Waals surface area contributed by atoms with Gasteiger partial charge in [0.05, 0.1) is 5.92 Å². The van der Waals surface area contributed by atoms with Crippen LogP contribution >= 0.6 is 23.2 Å². The van der Waals surface area contributed by atoms with Gasteiger partial charge in [0, 0.05) is 5.69 Å². The number of amides is 1. The van der Waals surface area contributed by atoms with Crippen molar-refractivity contribution in [2.45, 2.75) is 20.8 Å². The predicted octanol–water partition coefficient (Wildman–Crippen LogP) is 4.52. The van der Waals surface area contributed by atoms with Gasteiger partial charge in [-0.1, -0.05) is 49.2 Å². The van der Waals surface area contributed by atoms with Crippen LogP contribution in [0.15, 0.2) is 34.8 Å². The van der Waals surface area contributed by atoms with E-state index in [0.29, 0.717) is 0 Å². The van der Waals surface area contributed by atoms with E-state index >= 15 is 0 Å². The fourth-order valence-corrected chi connectivity index (χ4v) is 2.84. The minimum Gasteiger partial charge on any atom is -0.326 e. The number of benzene rings is 1. The van der Waals surface area contributed by atoms with Crippen molar-refractivity contribution in [3.63, 3.8) is 0 Å². The minimum absolute atomic E-state index is 0.0198. The van der Waals surface area contributed by atoms with E-state index in [2.05, 4.69) is 5.32 Å². The molecular formula is C15H17Cl2NO. The lowest BCUT2D eigenvalue weighted by atomic mass is 10.1. The van der Waals surface area contributed by atoms with E-state index in [1.807, 2.05) is 45.0 Å². The third kappa shape index (κ3) is 3.13. The van der Waals surface area contributed by atoms with E-state index in [-0.39, 0.29) is 27.6 Å². The fraction of sp³-hybridized carbons (Fsp3) is 0.400. The highest BCUT2D eigenvalue weighted by Gasteiger charge is 2.60. The van der Waals surface area contributed by atoms with Crippen LogP contribution in [0.1, 0.15) is 19.4 Å². The van der Waals surface area contributed by atoms with Gasteiger partial charge in [-0.15, -0.1) is 0 Å². The Morgan fingerprint density at radius 3 is 2.63 bits per heavy atom. The van der Waals surface area contributed by atoms with Gasteiger partial charge in [0.25, 0.3) is 0 Å². The molecule has 2 unspecified atom stereocenters. The van der Waals surface area contributed by atoms with Gasteiger partial charge in [-0.3, -0.25) is 4.79 Å². The van der Waals surface area contributed by atoms with E-state index in [1.165, 1.54) is 0 Å². The molecule has 4 heteroatoms. The summed E-state index contributed by atoms with van der Waals surface area (Å²) in [4.78, 5) is 12.3. The zero-order valence-corrected chi connectivity index (χ0v) is 12.7. The van der Waals surface area contributed by atoms with E-state index in [0.717, 1.165) is 11.3 Å². The third-order valence-corrected chi connectivity index (χ3v) is 4.04. The van der Waals surface area contributed by atoms with Gasteiger partial charge in [-0.05, 0) is 42.0 Å². The monoisotopic (exact) mass is 297 g/mol. The Morgan fingerprint density at radius 1 is 1.37 bits per heavy atom. The summed E-state index contributed by atoms with van der Waals surface area (Å²) in [7, 11) is 0. The van der Waals surface area contributed by atoms with Crippen LogP contribution in [0.3, 0.4) is 0 Å². The van der Waals surface area contributed by atoms with Crippen LogP contribution in [0, 0.1) is 24.2 Å². The van der Waals surface area contributed by atoms with Crippen molar-refractivity contribution in [3.05, 3.63) is 40.4 Å². The largest absolute Gasteiger partial charge is 0.326 e. The van der Waals surface area contributed by atoms with Gasteiger partial charge in [0.1, 0.15) is 4.49 Å². The van der Waals surface area contributed by atoms with Crippen LogP contribution in [0.2, 0.25) is 0 Å². The minimum atomic E-state index is -0.0943. The first-order valence-corrected chi connectivity index (χ1v) is 6.98. The van der Waals surface area contributed by atoms with Crippen molar-refractivity contribution >= 4 is 34.8 Å². The predicted molar refractivity (Wildman–Crippen MR) is 80.4 cm³/mol. The van der Waals surface area contributed by atoms with Crippen LogP contribution in [0.5, 0.6) is 0 Å². The molecule has 1 aromatic rings. The number of hydrogen-bond donors (Lipinski definition) is 1. The molecule has 1 aromatic carbocycles. The average Bonchev–Trinajstić information content (AvgIpc) is 2.79. The number of aryl methyl sites for hydroxylation is 1. The van der Waals surface area contributed by atoms with Crippen LogP contribution in [-0.4, -0.2) is 5.91 Å². The van der Waals surface area contributed by atoms with Crippen LogP contribution in [0.25, 0.3) is 0 Å². The molecule has 0 heterocycles. The Kier molecular flexibility index (Phi) is 3.93. The number of carbonyl (C=O) groups excluding carboxylic acids is 1. The van der Waals surface area contributed by atoms with Crippen LogP contribution in [0.4, 0.5) is 5.69 Å². The highest BCUT2D eigenvalue weighted by Crippen LogP contribution is 2.59. The van der Waals surface area contributed by atoms with E-state index in [9.17, 15) is 4.79 Å². The van der Waals surface area contributed by atoms with Gasteiger partial charge < -0.3 is 5.32 Å². The van der Waals surface area contributed by atoms with Crippen molar-refractivity contribution in [1.29, 1.82) is 0 Å². The molecule has 1 aliphatic rings. The average molecular weight is 298 g/mol. The maximum absolute atomic E-state index is 12.3. The molecule has 0 spiro atoms. The van der Waals surface area contributed by atoms with E-state index < -0.39 is 0 Å². The number of anilines is 1.